The van der Waals surface area contributed by atoms with Gasteiger partial charge in [-0.05, 0) is 12.8 Å². The maximum absolute atomic E-state index is 11.9. The van der Waals surface area contributed by atoms with Gasteiger partial charge in [0, 0.05) is 19.4 Å². The van der Waals surface area contributed by atoms with Gasteiger partial charge in [-0.1, -0.05) is 13.8 Å². The van der Waals surface area contributed by atoms with E-state index in [2.05, 4.69) is 0 Å². The van der Waals surface area contributed by atoms with Crippen LogP contribution >= 0.6 is 0 Å². The van der Waals surface area contributed by atoms with Crippen LogP contribution in [0.5, 0.6) is 0 Å². The molecule has 16 heavy (non-hydrogen) atoms. The molecule has 0 radical (unpaired) electrons. The van der Waals surface area contributed by atoms with E-state index in [1.807, 2.05) is 20.8 Å². The molecular formula is C12H20O4. The zero-order chi connectivity index (χ0) is 12.0. The first-order chi connectivity index (χ1) is 7.48. The third kappa shape index (κ3) is 1.39. The molecule has 1 spiro atoms. The summed E-state index contributed by atoms with van der Waals surface area (Å²) < 4.78 is 16.3. The van der Waals surface area contributed by atoms with Crippen LogP contribution in [-0.4, -0.2) is 37.0 Å². The molecule has 0 aromatic rings. The number of esters is 1. The Kier molecular flexibility index (Phi) is 2.75. The zero-order valence-electron chi connectivity index (χ0n) is 10.4. The summed E-state index contributed by atoms with van der Waals surface area (Å²) in [5.74, 6) is -0.109. The van der Waals surface area contributed by atoms with Gasteiger partial charge >= 0.3 is 5.97 Å². The third-order valence-corrected chi connectivity index (χ3v) is 3.82. The molecule has 4 heteroatoms. The summed E-state index contributed by atoms with van der Waals surface area (Å²) in [7, 11) is 1.42. The predicted molar refractivity (Wildman–Crippen MR) is 58.0 cm³/mol. The summed E-state index contributed by atoms with van der Waals surface area (Å²) in [4.78, 5) is 11.9. The van der Waals surface area contributed by atoms with Crippen molar-refractivity contribution in [1.82, 2.24) is 0 Å². The van der Waals surface area contributed by atoms with E-state index >= 15 is 0 Å². The normalized spacial score (nSPS) is 42.4. The van der Waals surface area contributed by atoms with Crippen LogP contribution in [0.2, 0.25) is 0 Å². The molecule has 2 saturated heterocycles. The van der Waals surface area contributed by atoms with Gasteiger partial charge in [0.2, 0.25) is 0 Å². The minimum atomic E-state index is -0.736. The number of carbonyl (C=O) groups is 1. The number of carbonyl (C=O) groups excluding carboxylic acids is 1. The number of rotatable bonds is 2. The van der Waals surface area contributed by atoms with Crippen LogP contribution in [0, 0.1) is 5.92 Å². The number of methoxy groups -OCH3 is 1. The van der Waals surface area contributed by atoms with Crippen LogP contribution in [0.3, 0.4) is 0 Å². The first kappa shape index (κ1) is 11.9. The molecule has 0 amide bonds. The van der Waals surface area contributed by atoms with Gasteiger partial charge in [-0.15, -0.1) is 0 Å². The Morgan fingerprint density at radius 3 is 2.69 bits per heavy atom. The van der Waals surface area contributed by atoms with Crippen LogP contribution in [0.15, 0.2) is 0 Å². The van der Waals surface area contributed by atoms with Crippen molar-refractivity contribution in [2.24, 2.45) is 5.92 Å². The molecule has 2 fully saturated rings. The highest BCUT2D eigenvalue weighted by atomic mass is 16.7. The van der Waals surface area contributed by atoms with E-state index in [0.29, 0.717) is 6.61 Å². The molecule has 0 aromatic carbocycles. The molecule has 2 heterocycles. The smallest absolute Gasteiger partial charge is 0.341 e. The maximum atomic E-state index is 11.9. The standard InChI is InChI=1S/C12H20O4/c1-8(2)12(10(13)14-4)11(16-12)5-6-15-9(3)7-11/h8-9H,5-7H2,1-4H3. The molecule has 0 aromatic heterocycles. The first-order valence-corrected chi connectivity index (χ1v) is 5.89. The lowest BCUT2D eigenvalue weighted by Gasteiger charge is -2.28. The Balaban J connectivity index is 2.23. The Morgan fingerprint density at radius 2 is 2.19 bits per heavy atom. The number of epoxide rings is 1. The second-order valence-electron chi connectivity index (χ2n) is 5.11. The van der Waals surface area contributed by atoms with Gasteiger partial charge in [-0.3, -0.25) is 0 Å². The monoisotopic (exact) mass is 228 g/mol. The van der Waals surface area contributed by atoms with Gasteiger partial charge in [-0.25, -0.2) is 4.79 Å². The van der Waals surface area contributed by atoms with E-state index in [4.69, 9.17) is 14.2 Å². The highest BCUT2D eigenvalue weighted by Crippen LogP contribution is 2.59. The molecule has 92 valence electrons. The summed E-state index contributed by atoms with van der Waals surface area (Å²) in [6.07, 6.45) is 1.71. The molecule has 2 aliphatic heterocycles. The van der Waals surface area contributed by atoms with Crippen molar-refractivity contribution in [3.05, 3.63) is 0 Å². The number of hydrogen-bond donors (Lipinski definition) is 0. The molecule has 3 atom stereocenters. The minimum Gasteiger partial charge on any atom is -0.467 e. The van der Waals surface area contributed by atoms with Gasteiger partial charge in [0.1, 0.15) is 5.60 Å². The van der Waals surface area contributed by atoms with Crippen LogP contribution in [0.4, 0.5) is 0 Å². The van der Waals surface area contributed by atoms with Crippen LogP contribution in [0.1, 0.15) is 33.6 Å². The second-order valence-corrected chi connectivity index (χ2v) is 5.11. The molecule has 0 saturated carbocycles. The largest absolute Gasteiger partial charge is 0.467 e. The Hall–Kier alpha value is -0.610. The van der Waals surface area contributed by atoms with Crippen molar-refractivity contribution in [2.45, 2.75) is 50.9 Å². The lowest BCUT2D eigenvalue weighted by Crippen LogP contribution is -2.44. The fourth-order valence-corrected chi connectivity index (χ4v) is 3.02. The Labute approximate surface area is 96.2 Å². The predicted octanol–water partition coefficient (Wildman–Crippen LogP) is 1.52. The zero-order valence-corrected chi connectivity index (χ0v) is 10.4. The topological polar surface area (TPSA) is 48.1 Å². The number of hydrogen-bond acceptors (Lipinski definition) is 4. The molecule has 0 bridgehead atoms. The SMILES string of the molecule is COC(=O)C1(C(C)C)OC12CCOC(C)C2. The highest BCUT2D eigenvalue weighted by Gasteiger charge is 2.77. The van der Waals surface area contributed by atoms with Crippen LogP contribution in [-0.2, 0) is 19.0 Å². The molecule has 0 aliphatic carbocycles. The fourth-order valence-electron chi connectivity index (χ4n) is 3.02. The van der Waals surface area contributed by atoms with Gasteiger partial charge in [0.25, 0.3) is 0 Å². The number of ether oxygens (including phenoxy) is 3. The summed E-state index contributed by atoms with van der Waals surface area (Å²) >= 11 is 0. The molecule has 2 aliphatic rings. The van der Waals surface area contributed by atoms with E-state index in [1.54, 1.807) is 0 Å². The average molecular weight is 228 g/mol. The van der Waals surface area contributed by atoms with Crippen molar-refractivity contribution in [2.75, 3.05) is 13.7 Å². The van der Waals surface area contributed by atoms with Crippen molar-refractivity contribution in [3.8, 4) is 0 Å². The average Bonchev–Trinajstić information content (AvgIpc) is 2.86. The highest BCUT2D eigenvalue weighted by molar-refractivity contribution is 5.85. The summed E-state index contributed by atoms with van der Waals surface area (Å²) in [5.41, 5.74) is -1.08. The summed E-state index contributed by atoms with van der Waals surface area (Å²) in [5, 5.41) is 0. The molecule has 3 unspecified atom stereocenters. The minimum absolute atomic E-state index is 0.130. The molecule has 0 N–H and O–H groups in total. The van der Waals surface area contributed by atoms with Crippen LogP contribution in [0.25, 0.3) is 0 Å². The second kappa shape index (κ2) is 3.70. The van der Waals surface area contributed by atoms with Gasteiger partial charge in [-0.2, -0.15) is 0 Å². The van der Waals surface area contributed by atoms with Crippen molar-refractivity contribution in [1.29, 1.82) is 0 Å². The van der Waals surface area contributed by atoms with Crippen molar-refractivity contribution < 1.29 is 19.0 Å². The van der Waals surface area contributed by atoms with E-state index in [-0.39, 0.29) is 23.6 Å². The van der Waals surface area contributed by atoms with E-state index < -0.39 is 5.60 Å². The van der Waals surface area contributed by atoms with Crippen molar-refractivity contribution in [3.63, 3.8) is 0 Å². The van der Waals surface area contributed by atoms with E-state index in [9.17, 15) is 4.79 Å². The van der Waals surface area contributed by atoms with E-state index in [0.717, 1.165) is 12.8 Å². The first-order valence-electron chi connectivity index (χ1n) is 5.89. The van der Waals surface area contributed by atoms with E-state index in [1.165, 1.54) is 7.11 Å². The molecule has 2 rings (SSSR count). The quantitative estimate of drug-likeness (QED) is 0.531. The van der Waals surface area contributed by atoms with Crippen molar-refractivity contribution >= 4 is 5.97 Å². The summed E-state index contributed by atoms with van der Waals surface area (Å²) in [6, 6.07) is 0. The van der Waals surface area contributed by atoms with Crippen LogP contribution < -0.4 is 0 Å². The summed E-state index contributed by atoms with van der Waals surface area (Å²) in [6.45, 7) is 6.69. The van der Waals surface area contributed by atoms with Gasteiger partial charge < -0.3 is 14.2 Å². The fraction of sp³-hybridized carbons (Fsp3) is 0.917. The van der Waals surface area contributed by atoms with Gasteiger partial charge in [0.15, 0.2) is 5.60 Å². The maximum Gasteiger partial charge on any atom is 0.341 e. The third-order valence-electron chi connectivity index (χ3n) is 3.82. The Bertz CT molecular complexity index is 301. The molecular weight excluding hydrogens is 208 g/mol. The molecule has 4 nitrogen and oxygen atoms in total. The lowest BCUT2D eigenvalue weighted by molar-refractivity contribution is -0.149. The Morgan fingerprint density at radius 1 is 1.50 bits per heavy atom. The van der Waals surface area contributed by atoms with Gasteiger partial charge in [0.05, 0.1) is 13.2 Å². The lowest BCUT2D eigenvalue weighted by atomic mass is 9.78.